The number of hydrogen-bond donors (Lipinski definition) is 1. The second-order valence-electron chi connectivity index (χ2n) is 5.67. The zero-order valence-electron chi connectivity index (χ0n) is 8.67. The fraction of sp³-hybridized carbons (Fsp3) is 0.833. The Bertz CT molecular complexity index is 236. The molecule has 2 N–H and O–H groups in total. The average Bonchev–Trinajstić information content (AvgIpc) is 1.96. The largest absolute Gasteiger partial charge is 0.473 e. The predicted molar refractivity (Wildman–Crippen MR) is 55.3 cm³/mol. The van der Waals surface area contributed by atoms with Crippen LogP contribution in [0.4, 0.5) is 0 Å². The first-order valence-electron chi connectivity index (χ1n) is 5.79. The molecule has 0 heterocycles. The molecule has 4 saturated carbocycles. The Morgan fingerprint density at radius 3 is 1.86 bits per heavy atom. The van der Waals surface area contributed by atoms with Gasteiger partial charge in [-0.05, 0) is 62.9 Å². The van der Waals surface area contributed by atoms with E-state index >= 15 is 0 Å². The molecule has 14 heavy (non-hydrogen) atoms. The Morgan fingerprint density at radius 2 is 1.50 bits per heavy atom. The standard InChI is InChI=1S/C12H19NO/c1-8(13)14-12-5-9-2-10(6-12)4-11(3-9)7-12/h9-11H,1-7,13H2. The molecule has 0 saturated heterocycles. The zero-order valence-corrected chi connectivity index (χ0v) is 8.67. The zero-order chi connectivity index (χ0) is 9.76. The van der Waals surface area contributed by atoms with E-state index in [0.29, 0.717) is 5.88 Å². The van der Waals surface area contributed by atoms with E-state index in [1.54, 1.807) is 0 Å². The number of hydrogen-bond acceptors (Lipinski definition) is 2. The van der Waals surface area contributed by atoms with E-state index in [1.807, 2.05) is 0 Å². The maximum Gasteiger partial charge on any atom is 0.177 e. The van der Waals surface area contributed by atoms with Gasteiger partial charge in [-0.15, -0.1) is 0 Å². The van der Waals surface area contributed by atoms with Crippen molar-refractivity contribution in [3.05, 3.63) is 12.5 Å². The first-order chi connectivity index (χ1) is 6.65. The number of rotatable bonds is 2. The summed E-state index contributed by atoms with van der Waals surface area (Å²) in [5, 5.41) is 0. The Balaban J connectivity index is 1.83. The molecule has 0 aromatic rings. The van der Waals surface area contributed by atoms with Crippen LogP contribution in [0.1, 0.15) is 38.5 Å². The van der Waals surface area contributed by atoms with Gasteiger partial charge in [0.1, 0.15) is 5.60 Å². The molecule has 0 radical (unpaired) electrons. The highest BCUT2D eigenvalue weighted by molar-refractivity contribution is 5.04. The van der Waals surface area contributed by atoms with Crippen LogP contribution in [0.2, 0.25) is 0 Å². The molecule has 0 aromatic heterocycles. The van der Waals surface area contributed by atoms with Crippen molar-refractivity contribution >= 4 is 0 Å². The van der Waals surface area contributed by atoms with Gasteiger partial charge in [0.25, 0.3) is 0 Å². The lowest BCUT2D eigenvalue weighted by Crippen LogP contribution is -2.52. The lowest BCUT2D eigenvalue weighted by atomic mass is 9.54. The Morgan fingerprint density at radius 1 is 1.07 bits per heavy atom. The molecule has 4 rings (SSSR count). The summed E-state index contributed by atoms with van der Waals surface area (Å²) in [6.45, 7) is 3.69. The highest BCUT2D eigenvalue weighted by atomic mass is 16.5. The van der Waals surface area contributed by atoms with Gasteiger partial charge < -0.3 is 10.5 Å². The molecule has 4 aliphatic rings. The summed E-state index contributed by atoms with van der Waals surface area (Å²) < 4.78 is 5.83. The fourth-order valence-electron chi connectivity index (χ4n) is 4.43. The van der Waals surface area contributed by atoms with Crippen LogP contribution in [0.5, 0.6) is 0 Å². The van der Waals surface area contributed by atoms with Gasteiger partial charge in [0.15, 0.2) is 5.88 Å². The topological polar surface area (TPSA) is 35.2 Å². The Kier molecular flexibility index (Phi) is 1.65. The smallest absolute Gasteiger partial charge is 0.177 e. The first-order valence-corrected chi connectivity index (χ1v) is 5.79. The minimum Gasteiger partial charge on any atom is -0.473 e. The SMILES string of the molecule is C=C(N)OC12CC3CC(CC(C3)C1)C2. The van der Waals surface area contributed by atoms with Crippen LogP contribution < -0.4 is 5.73 Å². The number of nitrogens with two attached hydrogens (primary N) is 1. The van der Waals surface area contributed by atoms with E-state index in [1.165, 1.54) is 38.5 Å². The van der Waals surface area contributed by atoms with Gasteiger partial charge in [-0.1, -0.05) is 0 Å². The van der Waals surface area contributed by atoms with Crippen LogP contribution in [-0.4, -0.2) is 5.60 Å². The molecule has 0 aromatic carbocycles. The molecular weight excluding hydrogens is 174 g/mol. The van der Waals surface area contributed by atoms with Crippen molar-refractivity contribution in [1.29, 1.82) is 0 Å². The third kappa shape index (κ3) is 1.23. The lowest BCUT2D eigenvalue weighted by molar-refractivity contribution is -0.139. The summed E-state index contributed by atoms with van der Waals surface area (Å²) in [5.74, 6) is 3.17. The van der Waals surface area contributed by atoms with E-state index in [-0.39, 0.29) is 5.60 Å². The highest BCUT2D eigenvalue weighted by Gasteiger charge is 2.52. The molecule has 4 fully saturated rings. The monoisotopic (exact) mass is 193 g/mol. The summed E-state index contributed by atoms with van der Waals surface area (Å²) in [7, 11) is 0. The molecule has 0 spiro atoms. The minimum absolute atomic E-state index is 0.0978. The third-order valence-electron chi connectivity index (χ3n) is 4.33. The highest BCUT2D eigenvalue weighted by Crippen LogP contribution is 2.57. The van der Waals surface area contributed by atoms with Crippen molar-refractivity contribution in [3.63, 3.8) is 0 Å². The average molecular weight is 193 g/mol. The molecule has 4 aliphatic carbocycles. The quantitative estimate of drug-likeness (QED) is 0.683. The summed E-state index contributed by atoms with van der Waals surface area (Å²) in [6.07, 6.45) is 8.03. The van der Waals surface area contributed by atoms with E-state index in [2.05, 4.69) is 6.58 Å². The maximum atomic E-state index is 5.83. The molecular formula is C12H19NO. The van der Waals surface area contributed by atoms with Crippen LogP contribution in [0.3, 0.4) is 0 Å². The second-order valence-corrected chi connectivity index (χ2v) is 5.67. The van der Waals surface area contributed by atoms with E-state index in [0.717, 1.165) is 17.8 Å². The number of ether oxygens (including phenoxy) is 1. The molecule has 0 atom stereocenters. The predicted octanol–water partition coefficient (Wildman–Crippen LogP) is 2.40. The van der Waals surface area contributed by atoms with Crippen LogP contribution >= 0.6 is 0 Å². The fourth-order valence-corrected chi connectivity index (χ4v) is 4.43. The lowest BCUT2D eigenvalue weighted by Gasteiger charge is -2.56. The summed E-state index contributed by atoms with van der Waals surface area (Å²) >= 11 is 0. The maximum absolute atomic E-state index is 5.83. The second kappa shape index (κ2) is 2.68. The van der Waals surface area contributed by atoms with Crippen LogP contribution in [-0.2, 0) is 4.74 Å². The Hall–Kier alpha value is -0.660. The third-order valence-corrected chi connectivity index (χ3v) is 4.33. The van der Waals surface area contributed by atoms with Gasteiger partial charge >= 0.3 is 0 Å². The summed E-state index contributed by atoms with van der Waals surface area (Å²) in [4.78, 5) is 0. The molecule has 2 nitrogen and oxygen atoms in total. The van der Waals surface area contributed by atoms with Crippen molar-refractivity contribution < 1.29 is 4.74 Å². The van der Waals surface area contributed by atoms with E-state index in [4.69, 9.17) is 10.5 Å². The minimum atomic E-state index is 0.0978. The summed E-state index contributed by atoms with van der Waals surface area (Å²) in [5.41, 5.74) is 5.69. The van der Waals surface area contributed by atoms with Gasteiger partial charge in [0, 0.05) is 0 Å². The van der Waals surface area contributed by atoms with Crippen molar-refractivity contribution in [1.82, 2.24) is 0 Å². The van der Waals surface area contributed by atoms with Crippen molar-refractivity contribution in [2.45, 2.75) is 44.1 Å². The molecule has 2 heteroatoms. The van der Waals surface area contributed by atoms with Crippen LogP contribution in [0.25, 0.3) is 0 Å². The molecule has 0 unspecified atom stereocenters. The van der Waals surface area contributed by atoms with Gasteiger partial charge in [-0.2, -0.15) is 0 Å². The molecule has 0 aliphatic heterocycles. The van der Waals surface area contributed by atoms with E-state index < -0.39 is 0 Å². The molecule has 78 valence electrons. The van der Waals surface area contributed by atoms with Crippen molar-refractivity contribution in [2.75, 3.05) is 0 Å². The van der Waals surface area contributed by atoms with Gasteiger partial charge in [0.2, 0.25) is 0 Å². The van der Waals surface area contributed by atoms with Crippen molar-refractivity contribution in [2.24, 2.45) is 23.5 Å². The first kappa shape index (κ1) is 8.63. The molecule has 4 bridgehead atoms. The van der Waals surface area contributed by atoms with Gasteiger partial charge in [-0.3, -0.25) is 0 Å². The Labute approximate surface area is 85.5 Å². The molecule has 0 amide bonds. The van der Waals surface area contributed by atoms with Crippen LogP contribution in [0.15, 0.2) is 12.5 Å². The van der Waals surface area contributed by atoms with Crippen molar-refractivity contribution in [3.8, 4) is 0 Å². The summed E-state index contributed by atoms with van der Waals surface area (Å²) in [6, 6.07) is 0. The van der Waals surface area contributed by atoms with Crippen LogP contribution in [0, 0.1) is 17.8 Å². The van der Waals surface area contributed by atoms with Gasteiger partial charge in [0.05, 0.1) is 0 Å². The van der Waals surface area contributed by atoms with E-state index in [9.17, 15) is 0 Å². The normalized spacial score (nSPS) is 49.3. The van der Waals surface area contributed by atoms with Gasteiger partial charge in [-0.25, -0.2) is 0 Å².